The Bertz CT molecular complexity index is 1220. The fourth-order valence-corrected chi connectivity index (χ4v) is 5.32. The highest BCUT2D eigenvalue weighted by atomic mass is 16.5. The first kappa shape index (κ1) is 25.4. The van der Waals surface area contributed by atoms with Crippen molar-refractivity contribution in [3.8, 4) is 0 Å². The predicted molar refractivity (Wildman–Crippen MR) is 147 cm³/mol. The number of fused-ring (bicyclic) bond motifs is 1. The molecule has 37 heavy (non-hydrogen) atoms. The normalized spacial score (nSPS) is 15.5. The number of morpholine rings is 1. The van der Waals surface area contributed by atoms with Crippen molar-refractivity contribution < 1.29 is 9.53 Å². The van der Waals surface area contributed by atoms with Gasteiger partial charge in [-0.05, 0) is 43.0 Å². The molecule has 5 rings (SSSR count). The van der Waals surface area contributed by atoms with Gasteiger partial charge in [-0.15, -0.1) is 0 Å². The second-order valence-corrected chi connectivity index (χ2v) is 10.3. The number of unbranched alkanes of at least 4 members (excludes halogenated alkanes) is 2. The minimum atomic E-state index is 0.0857. The second kappa shape index (κ2) is 11.9. The van der Waals surface area contributed by atoms with Crippen LogP contribution in [0, 0.1) is 6.92 Å². The number of nitrogens with zero attached hydrogens (tertiary/aromatic N) is 4. The molecule has 3 aromatic rings. The largest absolute Gasteiger partial charge is 0.378 e. The molecular formula is C31H38N4O2. The van der Waals surface area contributed by atoms with Gasteiger partial charge in [-0.2, -0.15) is 0 Å². The second-order valence-electron chi connectivity index (χ2n) is 10.3. The molecule has 0 spiro atoms. The molecule has 1 fully saturated rings. The van der Waals surface area contributed by atoms with Gasteiger partial charge in [0.2, 0.25) is 0 Å². The van der Waals surface area contributed by atoms with Crippen molar-refractivity contribution in [1.82, 2.24) is 14.9 Å². The van der Waals surface area contributed by atoms with E-state index in [2.05, 4.69) is 55.1 Å². The Kier molecular flexibility index (Phi) is 8.15. The van der Waals surface area contributed by atoms with E-state index in [1.54, 1.807) is 0 Å². The molecule has 1 saturated heterocycles. The van der Waals surface area contributed by atoms with E-state index in [1.165, 1.54) is 36.0 Å². The van der Waals surface area contributed by atoms with Gasteiger partial charge in [0.25, 0.3) is 5.91 Å². The molecule has 0 atom stereocenters. The SMILES string of the molecule is CCCCCc1ccc(C(=O)N2CCc3nc(Cc4cccc(C)c4)nc(N4CCOCC4)c3C2)cc1. The number of anilines is 1. The van der Waals surface area contributed by atoms with Gasteiger partial charge < -0.3 is 14.5 Å². The smallest absolute Gasteiger partial charge is 0.254 e. The highest BCUT2D eigenvalue weighted by molar-refractivity contribution is 5.94. The Labute approximate surface area is 220 Å². The summed E-state index contributed by atoms with van der Waals surface area (Å²) in [6, 6.07) is 16.7. The molecule has 0 aliphatic carbocycles. The molecule has 6 heteroatoms. The van der Waals surface area contributed by atoms with E-state index >= 15 is 0 Å². The number of ether oxygens (including phenoxy) is 1. The van der Waals surface area contributed by atoms with E-state index < -0.39 is 0 Å². The summed E-state index contributed by atoms with van der Waals surface area (Å²) in [4.78, 5) is 27.8. The highest BCUT2D eigenvalue weighted by Gasteiger charge is 2.29. The van der Waals surface area contributed by atoms with E-state index in [1.807, 2.05) is 17.0 Å². The molecule has 2 aliphatic heterocycles. The Morgan fingerprint density at radius 1 is 0.973 bits per heavy atom. The van der Waals surface area contributed by atoms with E-state index in [0.717, 1.165) is 54.4 Å². The lowest BCUT2D eigenvalue weighted by molar-refractivity contribution is 0.0733. The first-order chi connectivity index (χ1) is 18.1. The monoisotopic (exact) mass is 498 g/mol. The molecule has 3 heterocycles. The number of rotatable bonds is 8. The molecule has 0 saturated carbocycles. The Balaban J connectivity index is 1.37. The summed E-state index contributed by atoms with van der Waals surface area (Å²) in [5.74, 6) is 1.91. The van der Waals surface area contributed by atoms with Gasteiger partial charge in [0, 0.05) is 43.6 Å². The van der Waals surface area contributed by atoms with Crippen LogP contribution in [-0.2, 0) is 30.5 Å². The van der Waals surface area contributed by atoms with Crippen LogP contribution in [-0.4, -0.2) is 53.6 Å². The zero-order valence-corrected chi connectivity index (χ0v) is 22.2. The van der Waals surface area contributed by atoms with Gasteiger partial charge in [-0.1, -0.05) is 61.7 Å². The fourth-order valence-electron chi connectivity index (χ4n) is 5.32. The van der Waals surface area contributed by atoms with Crippen molar-refractivity contribution in [3.63, 3.8) is 0 Å². The summed E-state index contributed by atoms with van der Waals surface area (Å²) in [7, 11) is 0. The molecule has 0 N–H and O–H groups in total. The number of hydrogen-bond donors (Lipinski definition) is 0. The lowest BCUT2D eigenvalue weighted by atomic mass is 10.0. The van der Waals surface area contributed by atoms with E-state index in [9.17, 15) is 4.79 Å². The minimum absolute atomic E-state index is 0.0857. The quantitative estimate of drug-likeness (QED) is 0.402. The number of benzene rings is 2. The summed E-state index contributed by atoms with van der Waals surface area (Å²) in [5.41, 5.74) is 6.69. The molecule has 0 unspecified atom stereocenters. The summed E-state index contributed by atoms with van der Waals surface area (Å²) in [5, 5.41) is 0. The first-order valence-electron chi connectivity index (χ1n) is 13.8. The number of hydrogen-bond acceptors (Lipinski definition) is 5. The van der Waals surface area contributed by atoms with Gasteiger partial charge >= 0.3 is 0 Å². The Hall–Kier alpha value is -3.25. The van der Waals surface area contributed by atoms with E-state index in [-0.39, 0.29) is 5.91 Å². The molecule has 194 valence electrons. The predicted octanol–water partition coefficient (Wildman–Crippen LogP) is 5.14. The molecular weight excluding hydrogens is 460 g/mol. The van der Waals surface area contributed by atoms with Crippen molar-refractivity contribution in [2.24, 2.45) is 0 Å². The lowest BCUT2D eigenvalue weighted by Crippen LogP contribution is -2.41. The van der Waals surface area contributed by atoms with E-state index in [0.29, 0.717) is 32.7 Å². The van der Waals surface area contributed by atoms with Crippen LogP contribution in [0.15, 0.2) is 48.5 Å². The molecule has 0 radical (unpaired) electrons. The van der Waals surface area contributed by atoms with Gasteiger partial charge in [-0.3, -0.25) is 4.79 Å². The Morgan fingerprint density at radius 2 is 1.78 bits per heavy atom. The van der Waals surface area contributed by atoms with Crippen molar-refractivity contribution in [2.45, 2.75) is 58.9 Å². The highest BCUT2D eigenvalue weighted by Crippen LogP contribution is 2.29. The third-order valence-corrected chi connectivity index (χ3v) is 7.40. The zero-order chi connectivity index (χ0) is 25.6. The number of aryl methyl sites for hydroxylation is 2. The third kappa shape index (κ3) is 6.19. The third-order valence-electron chi connectivity index (χ3n) is 7.40. The van der Waals surface area contributed by atoms with Crippen molar-refractivity contribution in [3.05, 3.63) is 87.9 Å². The molecule has 1 aromatic heterocycles. The van der Waals surface area contributed by atoms with Crippen LogP contribution in [0.5, 0.6) is 0 Å². The zero-order valence-electron chi connectivity index (χ0n) is 22.2. The van der Waals surface area contributed by atoms with Crippen LogP contribution in [0.3, 0.4) is 0 Å². The standard InChI is InChI=1S/C31H38N4O2/c1-3-4-5-8-24-10-12-26(13-11-24)31(36)35-15-14-28-27(22-35)30(34-16-18-37-19-17-34)33-29(32-28)21-25-9-6-7-23(2)20-25/h6-7,9-13,20H,3-5,8,14-19,21-22H2,1-2H3. The maximum Gasteiger partial charge on any atom is 0.254 e. The van der Waals surface area contributed by atoms with Crippen molar-refractivity contribution in [2.75, 3.05) is 37.7 Å². The maximum absolute atomic E-state index is 13.5. The summed E-state index contributed by atoms with van der Waals surface area (Å²) >= 11 is 0. The van der Waals surface area contributed by atoms with Crippen LogP contribution >= 0.6 is 0 Å². The molecule has 0 bridgehead atoms. The fraction of sp³-hybridized carbons (Fsp3) is 0.452. The van der Waals surface area contributed by atoms with Gasteiger partial charge in [0.1, 0.15) is 11.6 Å². The topological polar surface area (TPSA) is 58.6 Å². The summed E-state index contributed by atoms with van der Waals surface area (Å²) < 4.78 is 5.61. The average molecular weight is 499 g/mol. The van der Waals surface area contributed by atoms with Crippen LogP contribution in [0.25, 0.3) is 0 Å². The molecule has 2 aromatic carbocycles. The summed E-state index contributed by atoms with van der Waals surface area (Å²) in [6.07, 6.45) is 6.19. The van der Waals surface area contributed by atoms with Gasteiger partial charge in [0.15, 0.2) is 0 Å². The van der Waals surface area contributed by atoms with Crippen LogP contribution in [0.2, 0.25) is 0 Å². The number of carbonyl (C=O) groups excluding carboxylic acids is 1. The van der Waals surface area contributed by atoms with E-state index in [4.69, 9.17) is 14.7 Å². The molecule has 2 aliphatic rings. The van der Waals surface area contributed by atoms with Crippen molar-refractivity contribution in [1.29, 1.82) is 0 Å². The molecule has 1 amide bonds. The van der Waals surface area contributed by atoms with Crippen LogP contribution in [0.1, 0.15) is 70.3 Å². The average Bonchev–Trinajstić information content (AvgIpc) is 2.93. The number of aromatic nitrogens is 2. The first-order valence-corrected chi connectivity index (χ1v) is 13.8. The maximum atomic E-state index is 13.5. The lowest BCUT2D eigenvalue weighted by Gasteiger charge is -2.34. The van der Waals surface area contributed by atoms with Crippen LogP contribution in [0.4, 0.5) is 5.82 Å². The summed E-state index contributed by atoms with van der Waals surface area (Å²) in [6.45, 7) is 8.55. The van der Waals surface area contributed by atoms with Gasteiger partial charge in [0.05, 0.1) is 25.5 Å². The van der Waals surface area contributed by atoms with Crippen LogP contribution < -0.4 is 4.90 Å². The number of carbonyl (C=O) groups is 1. The van der Waals surface area contributed by atoms with Gasteiger partial charge in [-0.25, -0.2) is 9.97 Å². The Morgan fingerprint density at radius 3 is 2.54 bits per heavy atom. The number of amides is 1. The molecule has 6 nitrogen and oxygen atoms in total. The minimum Gasteiger partial charge on any atom is -0.378 e. The van der Waals surface area contributed by atoms with Crippen molar-refractivity contribution >= 4 is 11.7 Å².